The standard InChI is InChI=1S/C14H23O3P/c1-3-5-6-12(4-2)11-13-7-9-14(10-8-13)17-18(15)16/h7-10,12,18H,3-6,11H2,1-2H3,(H,15,16). The fraction of sp³-hybridized carbons (Fsp3) is 0.571. The number of hydrogen-bond donors (Lipinski definition) is 1. The zero-order chi connectivity index (χ0) is 13.4. The van der Waals surface area contributed by atoms with Crippen LogP contribution in [0.5, 0.6) is 5.75 Å². The molecule has 0 aliphatic heterocycles. The summed E-state index contributed by atoms with van der Waals surface area (Å²) in [5.74, 6) is 1.19. The lowest BCUT2D eigenvalue weighted by Gasteiger charge is -2.14. The first-order valence-electron chi connectivity index (χ1n) is 6.65. The third-order valence-corrected chi connectivity index (χ3v) is 3.61. The van der Waals surface area contributed by atoms with Crippen molar-refractivity contribution in [3.63, 3.8) is 0 Å². The van der Waals surface area contributed by atoms with E-state index in [2.05, 4.69) is 13.8 Å². The van der Waals surface area contributed by atoms with Crippen LogP contribution in [-0.2, 0) is 11.0 Å². The van der Waals surface area contributed by atoms with Gasteiger partial charge in [-0.25, -0.2) is 4.57 Å². The van der Waals surface area contributed by atoms with Gasteiger partial charge in [-0.2, -0.15) is 0 Å². The van der Waals surface area contributed by atoms with Crippen molar-refractivity contribution in [2.24, 2.45) is 5.92 Å². The highest BCUT2D eigenvalue weighted by Crippen LogP contribution is 2.24. The van der Waals surface area contributed by atoms with Crippen molar-refractivity contribution in [1.29, 1.82) is 0 Å². The summed E-state index contributed by atoms with van der Waals surface area (Å²) in [5, 5.41) is 0. The van der Waals surface area contributed by atoms with Crippen molar-refractivity contribution in [2.45, 2.75) is 46.0 Å². The first-order valence-corrected chi connectivity index (χ1v) is 7.91. The Labute approximate surface area is 110 Å². The lowest BCUT2D eigenvalue weighted by atomic mass is 9.92. The van der Waals surface area contributed by atoms with E-state index in [0.29, 0.717) is 5.75 Å². The fourth-order valence-electron chi connectivity index (χ4n) is 2.07. The Bertz CT molecular complexity index is 362. The topological polar surface area (TPSA) is 46.5 Å². The molecule has 2 atom stereocenters. The fourth-order valence-corrected chi connectivity index (χ4v) is 2.41. The van der Waals surface area contributed by atoms with E-state index in [1.807, 2.05) is 12.1 Å². The van der Waals surface area contributed by atoms with Crippen LogP contribution < -0.4 is 4.52 Å². The van der Waals surface area contributed by atoms with Gasteiger partial charge in [-0.05, 0) is 30.0 Å². The Kier molecular flexibility index (Phi) is 7.07. The number of rotatable bonds is 8. The minimum absolute atomic E-state index is 0.465. The zero-order valence-electron chi connectivity index (χ0n) is 11.2. The minimum Gasteiger partial charge on any atom is -0.426 e. The summed E-state index contributed by atoms with van der Waals surface area (Å²) >= 11 is 0. The van der Waals surface area contributed by atoms with Gasteiger partial charge in [0.05, 0.1) is 0 Å². The molecular formula is C14H23O3P. The highest BCUT2D eigenvalue weighted by atomic mass is 31.1. The van der Waals surface area contributed by atoms with Gasteiger partial charge >= 0.3 is 8.25 Å². The van der Waals surface area contributed by atoms with Crippen molar-refractivity contribution < 1.29 is 14.0 Å². The molecular weight excluding hydrogens is 247 g/mol. The molecule has 1 N–H and O–H groups in total. The Morgan fingerprint density at radius 1 is 1.28 bits per heavy atom. The minimum atomic E-state index is -2.89. The molecule has 4 heteroatoms. The van der Waals surface area contributed by atoms with Gasteiger partial charge in [0.2, 0.25) is 0 Å². The second-order valence-corrected chi connectivity index (χ2v) is 5.37. The van der Waals surface area contributed by atoms with Crippen molar-refractivity contribution in [3.05, 3.63) is 29.8 Å². The van der Waals surface area contributed by atoms with E-state index in [4.69, 9.17) is 9.42 Å². The Morgan fingerprint density at radius 2 is 1.94 bits per heavy atom. The second-order valence-electron chi connectivity index (χ2n) is 4.63. The lowest BCUT2D eigenvalue weighted by Crippen LogP contribution is -2.03. The maximum Gasteiger partial charge on any atom is 0.365 e. The molecule has 0 spiro atoms. The van der Waals surface area contributed by atoms with Gasteiger partial charge in [-0.1, -0.05) is 51.7 Å². The van der Waals surface area contributed by atoms with E-state index in [1.54, 1.807) is 12.1 Å². The van der Waals surface area contributed by atoms with Gasteiger partial charge in [0.1, 0.15) is 5.75 Å². The van der Waals surface area contributed by atoms with Gasteiger partial charge in [0, 0.05) is 0 Å². The molecule has 0 bridgehead atoms. The van der Waals surface area contributed by atoms with Gasteiger partial charge in [0.25, 0.3) is 0 Å². The van der Waals surface area contributed by atoms with Gasteiger partial charge in [-0.3, -0.25) is 0 Å². The highest BCUT2D eigenvalue weighted by molar-refractivity contribution is 7.32. The normalized spacial score (nSPS) is 14.2. The van der Waals surface area contributed by atoms with Crippen LogP contribution >= 0.6 is 8.25 Å². The van der Waals surface area contributed by atoms with E-state index >= 15 is 0 Å². The molecule has 0 fully saturated rings. The highest BCUT2D eigenvalue weighted by Gasteiger charge is 2.07. The molecule has 1 aromatic carbocycles. The van der Waals surface area contributed by atoms with E-state index < -0.39 is 8.25 Å². The van der Waals surface area contributed by atoms with Crippen LogP contribution in [0.2, 0.25) is 0 Å². The van der Waals surface area contributed by atoms with Crippen LogP contribution in [-0.4, -0.2) is 4.89 Å². The summed E-state index contributed by atoms with van der Waals surface area (Å²) in [6.07, 6.45) is 6.07. The summed E-state index contributed by atoms with van der Waals surface area (Å²) in [4.78, 5) is 8.68. The summed E-state index contributed by atoms with van der Waals surface area (Å²) in [7, 11) is -2.89. The van der Waals surface area contributed by atoms with Crippen molar-refractivity contribution in [2.75, 3.05) is 0 Å². The molecule has 0 radical (unpaired) electrons. The van der Waals surface area contributed by atoms with E-state index in [0.717, 1.165) is 12.3 Å². The molecule has 0 saturated carbocycles. The van der Waals surface area contributed by atoms with Crippen LogP contribution in [0.1, 0.15) is 45.1 Å². The molecule has 0 aliphatic rings. The lowest BCUT2D eigenvalue weighted by molar-refractivity contribution is 0.410. The SMILES string of the molecule is CCCCC(CC)Cc1ccc(O[PH](=O)O)cc1. The maximum absolute atomic E-state index is 10.6. The van der Waals surface area contributed by atoms with E-state index in [1.165, 1.54) is 31.2 Å². The number of benzene rings is 1. The van der Waals surface area contributed by atoms with Crippen LogP contribution in [0.15, 0.2) is 24.3 Å². The first-order chi connectivity index (χ1) is 8.65. The smallest absolute Gasteiger partial charge is 0.365 e. The summed E-state index contributed by atoms with van der Waals surface area (Å²) in [6.45, 7) is 4.45. The predicted molar refractivity (Wildman–Crippen MR) is 75.3 cm³/mol. The maximum atomic E-state index is 10.6. The largest absolute Gasteiger partial charge is 0.426 e. The first kappa shape index (κ1) is 15.3. The van der Waals surface area contributed by atoms with Crippen LogP contribution in [0, 0.1) is 5.92 Å². The molecule has 0 amide bonds. The van der Waals surface area contributed by atoms with Crippen molar-refractivity contribution in [1.82, 2.24) is 0 Å². The molecule has 102 valence electrons. The average Bonchev–Trinajstić information content (AvgIpc) is 2.36. The summed E-state index contributed by atoms with van der Waals surface area (Å²) in [6, 6.07) is 7.49. The molecule has 0 heterocycles. The molecule has 18 heavy (non-hydrogen) atoms. The average molecular weight is 270 g/mol. The van der Waals surface area contributed by atoms with Crippen LogP contribution in [0.25, 0.3) is 0 Å². The molecule has 1 aromatic rings. The van der Waals surface area contributed by atoms with Crippen LogP contribution in [0.4, 0.5) is 0 Å². The van der Waals surface area contributed by atoms with Gasteiger partial charge in [-0.15, -0.1) is 0 Å². The predicted octanol–water partition coefficient (Wildman–Crippen LogP) is 4.21. The quantitative estimate of drug-likeness (QED) is 0.720. The third-order valence-electron chi connectivity index (χ3n) is 3.20. The number of unbranched alkanes of at least 4 members (excludes halogenated alkanes) is 1. The monoisotopic (exact) mass is 270 g/mol. The zero-order valence-corrected chi connectivity index (χ0v) is 12.2. The van der Waals surface area contributed by atoms with Crippen LogP contribution in [0.3, 0.4) is 0 Å². The molecule has 0 aromatic heterocycles. The van der Waals surface area contributed by atoms with E-state index in [9.17, 15) is 4.57 Å². The Hall–Kier alpha value is -0.790. The van der Waals surface area contributed by atoms with Gasteiger partial charge < -0.3 is 9.42 Å². The molecule has 3 nitrogen and oxygen atoms in total. The molecule has 0 saturated heterocycles. The van der Waals surface area contributed by atoms with Gasteiger partial charge in [0.15, 0.2) is 0 Å². The number of hydrogen-bond acceptors (Lipinski definition) is 2. The third kappa shape index (κ3) is 5.70. The molecule has 0 aliphatic carbocycles. The van der Waals surface area contributed by atoms with Crippen molar-refractivity contribution >= 4 is 8.25 Å². The Balaban J connectivity index is 2.53. The Morgan fingerprint density at radius 3 is 2.44 bits per heavy atom. The molecule has 1 rings (SSSR count). The summed E-state index contributed by atoms with van der Waals surface area (Å²) < 4.78 is 15.3. The van der Waals surface area contributed by atoms with E-state index in [-0.39, 0.29) is 0 Å². The molecule has 2 unspecified atom stereocenters. The van der Waals surface area contributed by atoms with Crippen molar-refractivity contribution in [3.8, 4) is 5.75 Å². The second kappa shape index (κ2) is 8.34. The summed E-state index contributed by atoms with van der Waals surface area (Å²) in [5.41, 5.74) is 1.27.